The highest BCUT2D eigenvalue weighted by Gasteiger charge is 2.36. The van der Waals surface area contributed by atoms with Crippen molar-refractivity contribution < 1.29 is 4.79 Å². The summed E-state index contributed by atoms with van der Waals surface area (Å²) in [5, 5.41) is 16.2. The maximum Gasteiger partial charge on any atom is 0.223 e. The fourth-order valence-electron chi connectivity index (χ4n) is 3.92. The van der Waals surface area contributed by atoms with Gasteiger partial charge in [-0.2, -0.15) is 5.10 Å². The van der Waals surface area contributed by atoms with E-state index in [4.69, 9.17) is 0 Å². The van der Waals surface area contributed by atoms with E-state index in [-0.39, 0.29) is 11.9 Å². The Labute approximate surface area is 154 Å². The van der Waals surface area contributed by atoms with Gasteiger partial charge >= 0.3 is 0 Å². The van der Waals surface area contributed by atoms with Crippen LogP contribution in [0.4, 0.5) is 0 Å². The predicted octanol–water partition coefficient (Wildman–Crippen LogP) is 1.43. The Hall–Kier alpha value is -2.22. The number of piperidine rings is 1. The van der Waals surface area contributed by atoms with E-state index in [9.17, 15) is 4.79 Å². The van der Waals surface area contributed by atoms with Crippen LogP contribution in [0.2, 0.25) is 0 Å². The fraction of sp³-hybridized carbons (Fsp3) is 0.667. The molecule has 0 unspecified atom stereocenters. The summed E-state index contributed by atoms with van der Waals surface area (Å²) in [6.45, 7) is 9.24. The summed E-state index contributed by atoms with van der Waals surface area (Å²) in [4.78, 5) is 14.4. The third-order valence-corrected chi connectivity index (χ3v) is 5.27. The Balaban J connectivity index is 1.72. The van der Waals surface area contributed by atoms with E-state index in [1.165, 1.54) is 0 Å². The van der Waals surface area contributed by atoms with E-state index in [1.54, 1.807) is 0 Å². The molecule has 2 aromatic rings. The van der Waals surface area contributed by atoms with Crippen molar-refractivity contribution in [2.75, 3.05) is 13.1 Å². The molecule has 0 radical (unpaired) electrons. The van der Waals surface area contributed by atoms with Gasteiger partial charge in [-0.15, -0.1) is 5.10 Å². The number of amides is 1. The summed E-state index contributed by atoms with van der Waals surface area (Å²) in [5.41, 5.74) is 3.22. The minimum atomic E-state index is 0.0813. The van der Waals surface area contributed by atoms with Crippen LogP contribution in [0.1, 0.15) is 49.7 Å². The summed E-state index contributed by atoms with van der Waals surface area (Å²) in [7, 11) is 1.92. The molecule has 3 heterocycles. The quantitative estimate of drug-likeness (QED) is 0.809. The van der Waals surface area contributed by atoms with Crippen molar-refractivity contribution in [1.82, 2.24) is 35.0 Å². The van der Waals surface area contributed by atoms with Crippen molar-refractivity contribution in [1.29, 1.82) is 0 Å². The van der Waals surface area contributed by atoms with Crippen molar-refractivity contribution in [3.05, 3.63) is 29.3 Å². The molecule has 0 saturated carbocycles. The number of carbonyl (C=O) groups excluding carboxylic acids is 1. The average Bonchev–Trinajstić information content (AvgIpc) is 3.21. The first-order chi connectivity index (χ1) is 12.5. The molecule has 0 spiro atoms. The molecular weight excluding hydrogens is 330 g/mol. The molecule has 2 atom stereocenters. The van der Waals surface area contributed by atoms with Crippen LogP contribution in [0, 0.1) is 12.8 Å². The number of likely N-dealkylation sites (tertiary alicyclic amines) is 1. The van der Waals surface area contributed by atoms with Gasteiger partial charge < -0.3 is 10.2 Å². The van der Waals surface area contributed by atoms with Crippen molar-refractivity contribution in [3.8, 4) is 0 Å². The molecule has 8 heteroatoms. The third kappa shape index (κ3) is 3.65. The molecule has 26 heavy (non-hydrogen) atoms. The SMILES string of the molecule is CCN1C(=O)CC[C@H](CNCc2c(C)nnn2CC)[C@H]1c1cnn(C)c1. The second-order valence-corrected chi connectivity index (χ2v) is 6.94. The summed E-state index contributed by atoms with van der Waals surface area (Å²) in [6.07, 6.45) is 5.43. The van der Waals surface area contributed by atoms with Crippen molar-refractivity contribution in [2.24, 2.45) is 13.0 Å². The Morgan fingerprint density at radius 1 is 1.31 bits per heavy atom. The van der Waals surface area contributed by atoms with Gasteiger partial charge in [-0.05, 0) is 33.1 Å². The number of aryl methyl sites for hydroxylation is 3. The molecule has 0 bridgehead atoms. The first-order valence-electron chi connectivity index (χ1n) is 9.42. The zero-order valence-corrected chi connectivity index (χ0v) is 16.1. The smallest absolute Gasteiger partial charge is 0.223 e. The zero-order valence-electron chi connectivity index (χ0n) is 16.1. The topological polar surface area (TPSA) is 80.9 Å². The predicted molar refractivity (Wildman–Crippen MR) is 98.2 cm³/mol. The normalized spacial score (nSPS) is 20.8. The molecule has 2 aromatic heterocycles. The van der Waals surface area contributed by atoms with Gasteiger partial charge in [0, 0.05) is 51.4 Å². The number of hydrogen-bond donors (Lipinski definition) is 1. The number of carbonyl (C=O) groups is 1. The van der Waals surface area contributed by atoms with Crippen LogP contribution in [-0.2, 0) is 24.9 Å². The number of nitrogens with zero attached hydrogens (tertiary/aromatic N) is 6. The lowest BCUT2D eigenvalue weighted by atomic mass is 9.85. The van der Waals surface area contributed by atoms with Crippen LogP contribution >= 0.6 is 0 Å². The zero-order chi connectivity index (χ0) is 18.7. The van der Waals surface area contributed by atoms with Crippen molar-refractivity contribution in [2.45, 2.75) is 52.7 Å². The number of hydrogen-bond acceptors (Lipinski definition) is 5. The fourth-order valence-corrected chi connectivity index (χ4v) is 3.92. The van der Waals surface area contributed by atoms with Gasteiger partial charge in [0.05, 0.1) is 23.6 Å². The molecular formula is C18H29N7O. The molecule has 8 nitrogen and oxygen atoms in total. The van der Waals surface area contributed by atoms with Gasteiger partial charge in [0.25, 0.3) is 0 Å². The average molecular weight is 359 g/mol. The van der Waals surface area contributed by atoms with E-state index in [0.29, 0.717) is 12.3 Å². The standard InChI is InChI=1S/C18H29N7O/c1-5-24-17(26)8-7-14(18(24)15-10-20-23(4)12-15)9-19-11-16-13(3)21-22-25(16)6-2/h10,12,14,18-19H,5-9,11H2,1-4H3/t14-,18+/m1/s1. The van der Waals surface area contributed by atoms with Crippen LogP contribution in [0.15, 0.2) is 12.4 Å². The van der Waals surface area contributed by atoms with Gasteiger partial charge in [-0.25, -0.2) is 4.68 Å². The maximum absolute atomic E-state index is 12.4. The maximum atomic E-state index is 12.4. The summed E-state index contributed by atoms with van der Waals surface area (Å²) in [6, 6.07) is 0.0813. The molecule has 0 aliphatic carbocycles. The van der Waals surface area contributed by atoms with Crippen LogP contribution < -0.4 is 5.32 Å². The Morgan fingerprint density at radius 2 is 2.12 bits per heavy atom. The Kier molecular flexibility index (Phi) is 5.70. The molecule has 1 aliphatic rings. The number of aromatic nitrogens is 5. The number of nitrogens with one attached hydrogen (secondary N) is 1. The first-order valence-corrected chi connectivity index (χ1v) is 9.42. The lowest BCUT2D eigenvalue weighted by Crippen LogP contribution is -2.45. The summed E-state index contributed by atoms with van der Waals surface area (Å²) >= 11 is 0. The second-order valence-electron chi connectivity index (χ2n) is 6.94. The van der Waals surface area contributed by atoms with Crippen LogP contribution in [0.25, 0.3) is 0 Å². The highest BCUT2D eigenvalue weighted by Crippen LogP contribution is 2.36. The largest absolute Gasteiger partial charge is 0.335 e. The Bertz CT molecular complexity index is 751. The van der Waals surface area contributed by atoms with Gasteiger partial charge in [0.15, 0.2) is 0 Å². The molecule has 1 N–H and O–H groups in total. The molecule has 1 fully saturated rings. The van der Waals surface area contributed by atoms with Crippen LogP contribution in [0.5, 0.6) is 0 Å². The van der Waals surface area contributed by atoms with Gasteiger partial charge in [0.1, 0.15) is 0 Å². The first kappa shape index (κ1) is 18.6. The highest BCUT2D eigenvalue weighted by molar-refractivity contribution is 5.77. The molecule has 142 valence electrons. The summed E-state index contributed by atoms with van der Waals surface area (Å²) < 4.78 is 3.74. The van der Waals surface area contributed by atoms with Crippen molar-refractivity contribution >= 4 is 5.91 Å². The van der Waals surface area contributed by atoms with Crippen LogP contribution in [-0.4, -0.2) is 48.7 Å². The van der Waals surface area contributed by atoms with Gasteiger partial charge in [0.2, 0.25) is 5.91 Å². The van der Waals surface area contributed by atoms with Crippen LogP contribution in [0.3, 0.4) is 0 Å². The van der Waals surface area contributed by atoms with E-state index in [0.717, 1.165) is 49.6 Å². The van der Waals surface area contributed by atoms with Gasteiger partial charge in [-0.1, -0.05) is 5.21 Å². The monoisotopic (exact) mass is 359 g/mol. The number of rotatable bonds is 7. The van der Waals surface area contributed by atoms with Gasteiger partial charge in [-0.3, -0.25) is 9.48 Å². The minimum absolute atomic E-state index is 0.0813. The van der Waals surface area contributed by atoms with E-state index in [1.807, 2.05) is 47.6 Å². The highest BCUT2D eigenvalue weighted by atomic mass is 16.2. The van der Waals surface area contributed by atoms with E-state index < -0.39 is 0 Å². The molecule has 3 rings (SSSR count). The van der Waals surface area contributed by atoms with E-state index in [2.05, 4.69) is 27.7 Å². The lowest BCUT2D eigenvalue weighted by Gasteiger charge is -2.40. The van der Waals surface area contributed by atoms with E-state index >= 15 is 0 Å². The Morgan fingerprint density at radius 3 is 2.77 bits per heavy atom. The van der Waals surface area contributed by atoms with Crippen molar-refractivity contribution in [3.63, 3.8) is 0 Å². The molecule has 1 saturated heterocycles. The summed E-state index contributed by atoms with van der Waals surface area (Å²) in [5.74, 6) is 0.602. The molecule has 1 amide bonds. The molecule has 1 aliphatic heterocycles. The lowest BCUT2D eigenvalue weighted by molar-refractivity contribution is -0.138. The second kappa shape index (κ2) is 7.99. The molecule has 0 aromatic carbocycles. The third-order valence-electron chi connectivity index (χ3n) is 5.27. The minimum Gasteiger partial charge on any atom is -0.335 e.